The monoisotopic (exact) mass is 206 g/mol. The first-order valence-electron chi connectivity index (χ1n) is 5.77. The van der Waals surface area contributed by atoms with Crippen LogP contribution in [-0.2, 0) is 12.8 Å². The summed E-state index contributed by atoms with van der Waals surface area (Å²) in [6, 6.07) is 17.0. The quantitative estimate of drug-likeness (QED) is 0.522. The van der Waals surface area contributed by atoms with E-state index in [0.29, 0.717) is 0 Å². The van der Waals surface area contributed by atoms with Crippen molar-refractivity contribution in [3.05, 3.63) is 70.8 Å². The summed E-state index contributed by atoms with van der Waals surface area (Å²) in [4.78, 5) is 0. The van der Waals surface area contributed by atoms with Crippen LogP contribution in [0.3, 0.4) is 0 Å². The first-order chi connectivity index (χ1) is 7.93. The number of rotatable bonds is 0. The summed E-state index contributed by atoms with van der Waals surface area (Å²) in [7, 11) is 0. The summed E-state index contributed by atoms with van der Waals surface area (Å²) in [6.07, 6.45) is 6.84. The summed E-state index contributed by atoms with van der Waals surface area (Å²) < 4.78 is 0. The Labute approximate surface area is 96.3 Å². The molecule has 0 aliphatic heterocycles. The number of aryl methyl sites for hydroxylation is 2. The van der Waals surface area contributed by atoms with Crippen molar-refractivity contribution in [1.82, 2.24) is 0 Å². The SMILES string of the molecule is C1=Cc2ccccc21.c1ccc2c(c1)CC2. The van der Waals surface area contributed by atoms with Gasteiger partial charge in [-0.1, -0.05) is 60.7 Å². The second-order valence-corrected chi connectivity index (χ2v) is 4.23. The van der Waals surface area contributed by atoms with Gasteiger partial charge in [-0.05, 0) is 35.1 Å². The van der Waals surface area contributed by atoms with E-state index in [1.54, 1.807) is 11.1 Å². The second kappa shape index (κ2) is 3.97. The molecule has 0 heteroatoms. The van der Waals surface area contributed by atoms with Crippen LogP contribution in [0.25, 0.3) is 12.2 Å². The molecule has 2 aliphatic rings. The minimum absolute atomic E-state index is 1.30. The Morgan fingerprint density at radius 3 is 1.25 bits per heavy atom. The van der Waals surface area contributed by atoms with Gasteiger partial charge in [0.1, 0.15) is 0 Å². The molecule has 4 rings (SSSR count). The van der Waals surface area contributed by atoms with Gasteiger partial charge in [-0.15, -0.1) is 0 Å². The molecule has 0 heterocycles. The van der Waals surface area contributed by atoms with Crippen LogP contribution >= 0.6 is 0 Å². The lowest BCUT2D eigenvalue weighted by molar-refractivity contribution is 0.839. The third-order valence-electron chi connectivity index (χ3n) is 3.22. The highest BCUT2D eigenvalue weighted by atomic mass is 14.1. The van der Waals surface area contributed by atoms with Crippen LogP contribution in [0.1, 0.15) is 22.3 Å². The Balaban J connectivity index is 0.000000101. The Kier molecular flexibility index (Phi) is 2.34. The molecule has 0 saturated heterocycles. The summed E-state index contributed by atoms with van der Waals surface area (Å²) >= 11 is 0. The normalized spacial score (nSPS) is 13.5. The van der Waals surface area contributed by atoms with E-state index in [9.17, 15) is 0 Å². The van der Waals surface area contributed by atoms with Crippen molar-refractivity contribution in [3.8, 4) is 0 Å². The predicted octanol–water partition coefficient (Wildman–Crippen LogP) is 3.96. The van der Waals surface area contributed by atoms with Gasteiger partial charge in [0.05, 0.1) is 0 Å². The van der Waals surface area contributed by atoms with E-state index in [0.717, 1.165) is 0 Å². The molecular weight excluding hydrogens is 192 g/mol. The van der Waals surface area contributed by atoms with Crippen LogP contribution < -0.4 is 0 Å². The van der Waals surface area contributed by atoms with Crippen molar-refractivity contribution in [1.29, 1.82) is 0 Å². The molecule has 0 fully saturated rings. The maximum absolute atomic E-state index is 2.21. The summed E-state index contributed by atoms with van der Waals surface area (Å²) in [5, 5.41) is 0. The molecule has 0 aromatic heterocycles. The van der Waals surface area contributed by atoms with Crippen molar-refractivity contribution in [2.75, 3.05) is 0 Å². The van der Waals surface area contributed by atoms with Gasteiger partial charge >= 0.3 is 0 Å². The molecule has 2 aliphatic carbocycles. The second-order valence-electron chi connectivity index (χ2n) is 4.23. The fraction of sp³-hybridized carbons (Fsp3) is 0.125. The smallest absolute Gasteiger partial charge is 0.0184 e. The Morgan fingerprint density at radius 1 is 0.562 bits per heavy atom. The molecule has 0 radical (unpaired) electrons. The van der Waals surface area contributed by atoms with E-state index >= 15 is 0 Å². The lowest BCUT2D eigenvalue weighted by Crippen LogP contribution is -2.06. The van der Waals surface area contributed by atoms with Gasteiger partial charge in [0.25, 0.3) is 0 Å². The van der Waals surface area contributed by atoms with Gasteiger partial charge in [-0.2, -0.15) is 0 Å². The number of hydrogen-bond donors (Lipinski definition) is 0. The molecule has 0 saturated carbocycles. The van der Waals surface area contributed by atoms with Crippen LogP contribution in [0.15, 0.2) is 48.5 Å². The molecule has 0 atom stereocenters. The van der Waals surface area contributed by atoms with Gasteiger partial charge in [0.15, 0.2) is 0 Å². The van der Waals surface area contributed by atoms with Crippen molar-refractivity contribution < 1.29 is 0 Å². The van der Waals surface area contributed by atoms with Gasteiger partial charge in [-0.3, -0.25) is 0 Å². The molecule has 78 valence electrons. The van der Waals surface area contributed by atoms with E-state index in [4.69, 9.17) is 0 Å². The fourth-order valence-corrected chi connectivity index (χ4v) is 2.04. The minimum atomic E-state index is 1.30. The zero-order valence-corrected chi connectivity index (χ0v) is 9.19. The minimum Gasteiger partial charge on any atom is -0.0620 e. The molecule has 0 bridgehead atoms. The topological polar surface area (TPSA) is 0 Å². The van der Waals surface area contributed by atoms with E-state index in [1.807, 2.05) is 0 Å². The largest absolute Gasteiger partial charge is 0.0620 e. The van der Waals surface area contributed by atoms with Crippen molar-refractivity contribution in [2.45, 2.75) is 12.8 Å². The first-order valence-corrected chi connectivity index (χ1v) is 5.77. The van der Waals surface area contributed by atoms with Gasteiger partial charge < -0.3 is 0 Å². The molecular formula is C16H14. The van der Waals surface area contributed by atoms with Crippen LogP contribution in [0.5, 0.6) is 0 Å². The third-order valence-corrected chi connectivity index (χ3v) is 3.22. The van der Waals surface area contributed by atoms with Gasteiger partial charge in [0, 0.05) is 0 Å². The Hall–Kier alpha value is -1.82. The molecule has 2 aromatic carbocycles. The van der Waals surface area contributed by atoms with Crippen molar-refractivity contribution in [2.24, 2.45) is 0 Å². The number of fused-ring (bicyclic) bond motifs is 2. The molecule has 0 N–H and O–H groups in total. The van der Waals surface area contributed by atoms with Gasteiger partial charge in [-0.25, -0.2) is 0 Å². The molecule has 2 aromatic rings. The van der Waals surface area contributed by atoms with Gasteiger partial charge in [0.2, 0.25) is 0 Å². The number of hydrogen-bond acceptors (Lipinski definition) is 0. The van der Waals surface area contributed by atoms with E-state index in [1.165, 1.54) is 24.0 Å². The fourth-order valence-electron chi connectivity index (χ4n) is 2.04. The van der Waals surface area contributed by atoms with E-state index < -0.39 is 0 Å². The average Bonchev–Trinajstić information content (AvgIpc) is 2.23. The van der Waals surface area contributed by atoms with Crippen molar-refractivity contribution >= 4 is 12.2 Å². The van der Waals surface area contributed by atoms with Crippen LogP contribution in [0.4, 0.5) is 0 Å². The van der Waals surface area contributed by atoms with E-state index in [2.05, 4.69) is 60.7 Å². The van der Waals surface area contributed by atoms with Crippen molar-refractivity contribution in [3.63, 3.8) is 0 Å². The maximum atomic E-state index is 2.21. The highest BCUT2D eigenvalue weighted by Crippen LogP contribution is 2.21. The summed E-state index contributed by atoms with van der Waals surface area (Å²) in [5.41, 5.74) is 5.83. The highest BCUT2D eigenvalue weighted by Gasteiger charge is 2.09. The van der Waals surface area contributed by atoms with Crippen LogP contribution in [0, 0.1) is 0 Å². The maximum Gasteiger partial charge on any atom is -0.0184 e. The Bertz CT molecular complexity index is 487. The molecule has 0 nitrogen and oxygen atoms in total. The average molecular weight is 206 g/mol. The molecule has 0 unspecified atom stereocenters. The van der Waals surface area contributed by atoms with Crippen LogP contribution in [0.2, 0.25) is 0 Å². The predicted molar refractivity (Wildman–Crippen MR) is 69.2 cm³/mol. The highest BCUT2D eigenvalue weighted by molar-refractivity contribution is 5.85. The molecule has 0 spiro atoms. The zero-order chi connectivity index (χ0) is 10.8. The lowest BCUT2D eigenvalue weighted by atomic mass is 9.89. The van der Waals surface area contributed by atoms with Crippen LogP contribution in [-0.4, -0.2) is 0 Å². The lowest BCUT2D eigenvalue weighted by Gasteiger charge is -2.16. The van der Waals surface area contributed by atoms with E-state index in [-0.39, 0.29) is 0 Å². The molecule has 16 heavy (non-hydrogen) atoms. The number of benzene rings is 2. The summed E-state index contributed by atoms with van der Waals surface area (Å²) in [6.45, 7) is 0. The third kappa shape index (κ3) is 1.67. The first kappa shape index (κ1) is 9.41. The standard InChI is InChI=1S/C8H8.C8H6/c2*1-2-4-8-6-5-7(8)3-1/h1-4H,5-6H2;1-6H. The Morgan fingerprint density at radius 2 is 1.00 bits per heavy atom. The zero-order valence-electron chi connectivity index (χ0n) is 9.19. The summed E-state index contributed by atoms with van der Waals surface area (Å²) in [5.74, 6) is 0. The molecule has 0 amide bonds.